The molecule has 2 aromatic rings. The quantitative estimate of drug-likeness (QED) is 0.130. The van der Waals surface area contributed by atoms with Crippen molar-refractivity contribution in [2.75, 3.05) is 27.3 Å². The summed E-state index contributed by atoms with van der Waals surface area (Å²) < 4.78 is 11.9. The van der Waals surface area contributed by atoms with Crippen molar-refractivity contribution in [3.63, 3.8) is 0 Å². The predicted molar refractivity (Wildman–Crippen MR) is 129 cm³/mol. The first-order valence-electron chi connectivity index (χ1n) is 10.8. The van der Waals surface area contributed by atoms with E-state index in [-0.39, 0.29) is 24.8 Å². The topological polar surface area (TPSA) is 132 Å². The molecule has 10 nitrogen and oxygen atoms in total. The molecule has 0 saturated heterocycles. The molecule has 178 valence electrons. The second kappa shape index (κ2) is 11.3. The number of hydrogen-bond acceptors (Lipinski definition) is 7. The predicted octanol–water partition coefficient (Wildman–Crippen LogP) is 3.82. The van der Waals surface area contributed by atoms with Crippen molar-refractivity contribution in [2.24, 2.45) is 10.1 Å². The van der Waals surface area contributed by atoms with Gasteiger partial charge in [-0.2, -0.15) is 0 Å². The fourth-order valence-corrected chi connectivity index (χ4v) is 3.66. The Kier molecular flexibility index (Phi) is 8.26. The third-order valence-electron chi connectivity index (χ3n) is 5.18. The molecule has 0 saturated carbocycles. The Hall–Kier alpha value is -3.85. The van der Waals surface area contributed by atoms with E-state index in [1.165, 1.54) is 5.01 Å². The lowest BCUT2D eigenvalue weighted by molar-refractivity contribution is -0.132. The van der Waals surface area contributed by atoms with Gasteiger partial charge in [0.05, 0.1) is 6.61 Å². The number of benzene rings is 2. The highest BCUT2D eigenvalue weighted by atomic mass is 16.5. The number of nitrogens with zero attached hydrogens (tertiary/aromatic N) is 5. The molecule has 2 aromatic carbocycles. The molecule has 10 heteroatoms. The molecule has 1 heterocycles. The van der Waals surface area contributed by atoms with Crippen LogP contribution in [-0.4, -0.2) is 54.8 Å². The first-order chi connectivity index (χ1) is 16.4. The minimum absolute atomic E-state index is 0.0574. The number of aliphatic hydroxyl groups is 1. The average molecular weight is 465 g/mol. The molecule has 3 rings (SSSR count). The van der Waals surface area contributed by atoms with Crippen LogP contribution in [0, 0.1) is 0 Å². The molecule has 1 aliphatic heterocycles. The number of ether oxygens (including phenoxy) is 2. The van der Waals surface area contributed by atoms with Crippen LogP contribution < -0.4 is 10.2 Å². The van der Waals surface area contributed by atoms with Gasteiger partial charge in [0, 0.05) is 55.3 Å². The van der Waals surface area contributed by atoms with Crippen LogP contribution in [0.1, 0.15) is 30.1 Å². The Balaban J connectivity index is 2.06. The minimum Gasteiger partial charge on any atom is -0.494 e. The van der Waals surface area contributed by atoms with E-state index in [1.54, 1.807) is 68.7 Å². The minimum atomic E-state index is -1.38. The van der Waals surface area contributed by atoms with E-state index in [2.05, 4.69) is 22.0 Å². The van der Waals surface area contributed by atoms with Crippen LogP contribution in [0.2, 0.25) is 0 Å². The molecule has 0 aromatic heterocycles. The van der Waals surface area contributed by atoms with Crippen molar-refractivity contribution >= 4 is 17.5 Å². The third-order valence-corrected chi connectivity index (χ3v) is 5.18. The second-order valence-corrected chi connectivity index (χ2v) is 7.87. The molecule has 2 N–H and O–H groups in total. The third kappa shape index (κ3) is 5.37. The van der Waals surface area contributed by atoms with E-state index in [0.29, 0.717) is 35.6 Å². The van der Waals surface area contributed by atoms with Crippen LogP contribution in [0.4, 0.5) is 5.69 Å². The molecule has 0 spiro atoms. The van der Waals surface area contributed by atoms with Crippen molar-refractivity contribution in [1.82, 2.24) is 10.4 Å². The van der Waals surface area contributed by atoms with Gasteiger partial charge in [-0.1, -0.05) is 35.5 Å². The van der Waals surface area contributed by atoms with E-state index < -0.39 is 11.6 Å². The number of azide groups is 1. The number of aliphatic hydroxyl groups excluding tert-OH is 1. The molecule has 34 heavy (non-hydrogen) atoms. The zero-order valence-electron chi connectivity index (χ0n) is 19.2. The maximum absolute atomic E-state index is 13.5. The molecule has 0 fully saturated rings. The number of hydrazine groups is 1. The summed E-state index contributed by atoms with van der Waals surface area (Å²) in [5, 5.41) is 14.2. The fourth-order valence-electron chi connectivity index (χ4n) is 3.66. The van der Waals surface area contributed by atoms with E-state index in [1.807, 2.05) is 0 Å². The largest absolute Gasteiger partial charge is 0.494 e. The normalized spacial score (nSPS) is 19.1. The van der Waals surface area contributed by atoms with Crippen molar-refractivity contribution in [3.05, 3.63) is 82.8 Å². The van der Waals surface area contributed by atoms with Crippen molar-refractivity contribution in [2.45, 2.75) is 24.5 Å². The Bertz CT molecular complexity index is 1090. The van der Waals surface area contributed by atoms with E-state index in [9.17, 15) is 4.79 Å². The first-order valence-corrected chi connectivity index (χ1v) is 10.8. The van der Waals surface area contributed by atoms with Gasteiger partial charge in [-0.3, -0.25) is 10.2 Å². The van der Waals surface area contributed by atoms with Gasteiger partial charge in [0.25, 0.3) is 5.91 Å². The van der Waals surface area contributed by atoms with E-state index in [0.717, 1.165) is 0 Å². The summed E-state index contributed by atoms with van der Waals surface area (Å²) in [6.45, 7) is 4.29. The smallest absolute Gasteiger partial charge is 0.266 e. The van der Waals surface area contributed by atoms with Crippen LogP contribution in [0.5, 0.6) is 5.75 Å². The average Bonchev–Trinajstić information content (AvgIpc) is 3.21. The van der Waals surface area contributed by atoms with Gasteiger partial charge in [0.1, 0.15) is 5.75 Å². The van der Waals surface area contributed by atoms with Gasteiger partial charge in [-0.05, 0) is 29.8 Å². The number of hydrogen-bond donors (Lipinski definition) is 2. The number of amides is 1. The van der Waals surface area contributed by atoms with Crippen LogP contribution in [0.3, 0.4) is 0 Å². The first kappa shape index (κ1) is 24.8. The van der Waals surface area contributed by atoms with Crippen LogP contribution in [0.15, 0.2) is 71.3 Å². The Morgan fingerprint density at radius 2 is 2.09 bits per heavy atom. The monoisotopic (exact) mass is 464 g/mol. The van der Waals surface area contributed by atoms with Gasteiger partial charge < -0.3 is 14.6 Å². The molecular weight excluding hydrogens is 436 g/mol. The maximum Gasteiger partial charge on any atom is 0.266 e. The lowest BCUT2D eigenvalue weighted by Gasteiger charge is -2.31. The van der Waals surface area contributed by atoms with Crippen LogP contribution in [0.25, 0.3) is 10.4 Å². The summed E-state index contributed by atoms with van der Waals surface area (Å²) in [5.41, 5.74) is 12.0. The van der Waals surface area contributed by atoms with Gasteiger partial charge in [-0.25, -0.2) is 10.0 Å². The summed E-state index contributed by atoms with van der Waals surface area (Å²) >= 11 is 0. The number of nitrogens with one attached hydrogen (secondary N) is 1. The highest BCUT2D eigenvalue weighted by molar-refractivity contribution is 6.01. The van der Waals surface area contributed by atoms with Gasteiger partial charge in [0.2, 0.25) is 5.90 Å². The Morgan fingerprint density at radius 1 is 1.35 bits per heavy atom. The van der Waals surface area contributed by atoms with Crippen molar-refractivity contribution < 1.29 is 19.4 Å². The lowest BCUT2D eigenvalue weighted by Crippen LogP contribution is -2.52. The summed E-state index contributed by atoms with van der Waals surface area (Å²) in [6.07, 6.45) is 1.48. The Labute approximate surface area is 198 Å². The highest BCUT2D eigenvalue weighted by Gasteiger charge is 2.53. The molecule has 0 unspecified atom stereocenters. The standard InChI is InChI=1S/C24H28N6O4/c1-4-14-24(23(32)28-30(2)3)21(19-8-5-6-9-20(19)27-29-25)34-22(26-24)17-10-12-18(13-11-17)33-16-7-15-31/h4-6,8-13,21,31H,1,7,14-16H2,2-3H3,(H,28,32)/t21-,24-/m0/s1. The SMILES string of the molecule is C=CC[C@]1(C(=O)NN(C)C)N=C(c2ccc(OCCCO)cc2)O[C@H]1c1ccccc1N=[N+]=[N-]. The van der Waals surface area contributed by atoms with Crippen molar-refractivity contribution in [1.29, 1.82) is 0 Å². The lowest BCUT2D eigenvalue weighted by atomic mass is 9.84. The molecule has 1 aliphatic rings. The molecule has 1 amide bonds. The second-order valence-electron chi connectivity index (χ2n) is 7.87. The number of rotatable bonds is 11. The number of carbonyl (C=O) groups excluding carboxylic acids is 1. The summed E-state index contributed by atoms with van der Waals surface area (Å²) in [4.78, 5) is 21.2. The van der Waals surface area contributed by atoms with Gasteiger partial charge in [-0.15, -0.1) is 6.58 Å². The summed E-state index contributed by atoms with van der Waals surface area (Å²) in [6, 6.07) is 14.1. The maximum atomic E-state index is 13.5. The van der Waals surface area contributed by atoms with Crippen LogP contribution >= 0.6 is 0 Å². The van der Waals surface area contributed by atoms with Gasteiger partial charge >= 0.3 is 0 Å². The van der Waals surface area contributed by atoms with E-state index in [4.69, 9.17) is 25.1 Å². The van der Waals surface area contributed by atoms with E-state index >= 15 is 0 Å². The summed E-state index contributed by atoms with van der Waals surface area (Å²) in [7, 11) is 3.41. The molecule has 0 bridgehead atoms. The molecular formula is C24H28N6O4. The summed E-state index contributed by atoms with van der Waals surface area (Å²) in [5.74, 6) is 0.541. The molecule has 0 radical (unpaired) electrons. The zero-order chi connectivity index (χ0) is 24.6. The van der Waals surface area contributed by atoms with Gasteiger partial charge in [0.15, 0.2) is 11.6 Å². The fraction of sp³-hybridized carbons (Fsp3) is 0.333. The Morgan fingerprint density at radius 3 is 2.74 bits per heavy atom. The number of aliphatic imine (C=N–C) groups is 1. The molecule has 0 aliphatic carbocycles. The van der Waals surface area contributed by atoms with Crippen LogP contribution in [-0.2, 0) is 9.53 Å². The highest BCUT2D eigenvalue weighted by Crippen LogP contribution is 2.45. The number of carbonyl (C=O) groups is 1. The zero-order valence-corrected chi connectivity index (χ0v) is 19.2. The van der Waals surface area contributed by atoms with Crippen molar-refractivity contribution in [3.8, 4) is 5.75 Å². The molecule has 2 atom stereocenters.